The molecule has 0 fully saturated rings. The van der Waals surface area contributed by atoms with E-state index in [0.717, 1.165) is 29.9 Å². The third-order valence-electron chi connectivity index (χ3n) is 6.05. The van der Waals surface area contributed by atoms with E-state index in [1.165, 1.54) is 12.1 Å². The molecule has 0 saturated carbocycles. The summed E-state index contributed by atoms with van der Waals surface area (Å²) in [4.78, 5) is 32.5. The van der Waals surface area contributed by atoms with Crippen LogP contribution in [-0.2, 0) is 24.2 Å². The molecule has 2 N–H and O–H groups in total. The van der Waals surface area contributed by atoms with E-state index in [9.17, 15) is 14.0 Å². The fourth-order valence-electron chi connectivity index (χ4n) is 4.25. The summed E-state index contributed by atoms with van der Waals surface area (Å²) in [6.07, 6.45) is 3.38. The van der Waals surface area contributed by atoms with Gasteiger partial charge in [0.15, 0.2) is 0 Å². The number of rotatable bonds is 6. The number of carbonyl (C=O) groups is 1. The van der Waals surface area contributed by atoms with Crippen LogP contribution in [0, 0.1) is 25.6 Å². The molecule has 1 atom stereocenters. The van der Waals surface area contributed by atoms with E-state index < -0.39 is 0 Å². The van der Waals surface area contributed by atoms with Gasteiger partial charge in [-0.05, 0) is 75.8 Å². The molecule has 1 unspecified atom stereocenters. The van der Waals surface area contributed by atoms with Crippen LogP contribution in [0.2, 0.25) is 0 Å². The van der Waals surface area contributed by atoms with E-state index in [4.69, 9.17) is 0 Å². The fourth-order valence-corrected chi connectivity index (χ4v) is 4.25. The van der Waals surface area contributed by atoms with E-state index in [1.54, 1.807) is 12.1 Å². The minimum absolute atomic E-state index is 0.00822. The van der Waals surface area contributed by atoms with Gasteiger partial charge in [-0.15, -0.1) is 0 Å². The summed E-state index contributed by atoms with van der Waals surface area (Å²) in [5, 5.41) is 7.43. The number of carbonyl (C=O) groups excluding carboxylic acids is 1. The second-order valence-corrected chi connectivity index (χ2v) is 8.49. The maximum Gasteiger partial charge on any atom is 0.254 e. The molecule has 2 aromatic heterocycles. The van der Waals surface area contributed by atoms with Crippen molar-refractivity contribution in [3.05, 3.63) is 69.1 Å². The first-order valence-corrected chi connectivity index (χ1v) is 11.0. The summed E-state index contributed by atoms with van der Waals surface area (Å²) in [6, 6.07) is 7.93. The molecule has 1 aromatic carbocycles. The van der Waals surface area contributed by atoms with Crippen molar-refractivity contribution in [2.45, 2.75) is 52.5 Å². The fraction of sp³-hybridized carbons (Fsp3) is 0.417. The quantitative estimate of drug-likeness (QED) is 0.580. The Hall–Kier alpha value is -3.29. The number of aromatic nitrogens is 4. The lowest BCUT2D eigenvalue weighted by Gasteiger charge is -2.14. The van der Waals surface area contributed by atoms with Gasteiger partial charge in [0.1, 0.15) is 11.6 Å². The minimum atomic E-state index is -0.328. The average Bonchev–Trinajstić information content (AvgIpc) is 2.95. The van der Waals surface area contributed by atoms with Crippen molar-refractivity contribution in [2.75, 3.05) is 6.54 Å². The van der Waals surface area contributed by atoms with Crippen molar-refractivity contribution in [3.8, 4) is 11.4 Å². The average molecular weight is 438 g/mol. The van der Waals surface area contributed by atoms with Gasteiger partial charge in [-0.2, -0.15) is 5.10 Å². The van der Waals surface area contributed by atoms with Gasteiger partial charge in [0.05, 0.1) is 11.4 Å². The highest BCUT2D eigenvalue weighted by Crippen LogP contribution is 2.23. The van der Waals surface area contributed by atoms with Crippen molar-refractivity contribution in [3.63, 3.8) is 0 Å². The summed E-state index contributed by atoms with van der Waals surface area (Å²) < 4.78 is 15.1. The van der Waals surface area contributed by atoms with Gasteiger partial charge in [-0.25, -0.2) is 9.37 Å². The highest BCUT2D eigenvalue weighted by atomic mass is 19.1. The number of hydrogen-bond acceptors (Lipinski definition) is 4. The number of nitrogens with zero attached hydrogens (tertiary/aromatic N) is 3. The first-order valence-electron chi connectivity index (χ1n) is 11.0. The van der Waals surface area contributed by atoms with Crippen LogP contribution < -0.4 is 10.9 Å². The van der Waals surface area contributed by atoms with Gasteiger partial charge < -0.3 is 10.3 Å². The van der Waals surface area contributed by atoms with Gasteiger partial charge >= 0.3 is 0 Å². The third kappa shape index (κ3) is 5.12. The summed E-state index contributed by atoms with van der Waals surface area (Å²) in [7, 11) is 0. The zero-order valence-corrected chi connectivity index (χ0v) is 18.4. The lowest BCUT2D eigenvalue weighted by Crippen LogP contribution is -2.30. The van der Waals surface area contributed by atoms with Crippen LogP contribution in [0.1, 0.15) is 41.9 Å². The monoisotopic (exact) mass is 437 g/mol. The molecule has 0 saturated heterocycles. The Labute approximate surface area is 186 Å². The molecule has 1 aliphatic rings. The van der Waals surface area contributed by atoms with Gasteiger partial charge in [0.2, 0.25) is 5.91 Å². The Morgan fingerprint density at radius 1 is 1.22 bits per heavy atom. The van der Waals surface area contributed by atoms with Crippen LogP contribution >= 0.6 is 0 Å². The highest BCUT2D eigenvalue weighted by Gasteiger charge is 2.21. The molecule has 168 valence electrons. The third-order valence-corrected chi connectivity index (χ3v) is 6.05. The number of benzene rings is 1. The van der Waals surface area contributed by atoms with Gasteiger partial charge in [0.25, 0.3) is 5.56 Å². The number of halogens is 1. The standard InChI is InChI=1S/C24H28FN5O2/c1-15-13-16(2)30(29-15)12-11-22(31)26-14-17-3-9-20-21(10-4-17)27-23(28-24(20)32)18-5-7-19(25)8-6-18/h5-8,13,17H,3-4,9-12,14H2,1-2H3,(H,26,31)(H,27,28,32). The molecule has 1 aliphatic carbocycles. The topological polar surface area (TPSA) is 92.7 Å². The lowest BCUT2D eigenvalue weighted by molar-refractivity contribution is -0.121. The highest BCUT2D eigenvalue weighted by molar-refractivity contribution is 5.75. The summed E-state index contributed by atoms with van der Waals surface area (Å²) in [6.45, 7) is 5.08. The first-order chi connectivity index (χ1) is 15.4. The number of aryl methyl sites for hydroxylation is 4. The summed E-state index contributed by atoms with van der Waals surface area (Å²) in [5.74, 6) is 0.430. The Balaban J connectivity index is 1.34. The number of aromatic amines is 1. The first kappa shape index (κ1) is 21.9. The van der Waals surface area contributed by atoms with Crippen molar-refractivity contribution >= 4 is 5.91 Å². The van der Waals surface area contributed by atoms with Gasteiger partial charge in [-0.3, -0.25) is 14.3 Å². The number of amides is 1. The van der Waals surface area contributed by atoms with E-state index >= 15 is 0 Å². The predicted octanol–water partition coefficient (Wildman–Crippen LogP) is 3.09. The molecule has 4 rings (SSSR count). The maximum absolute atomic E-state index is 13.2. The predicted molar refractivity (Wildman–Crippen MR) is 120 cm³/mol. The van der Waals surface area contributed by atoms with Crippen LogP contribution in [0.3, 0.4) is 0 Å². The molecule has 2 heterocycles. The molecule has 0 radical (unpaired) electrons. The van der Waals surface area contributed by atoms with Crippen LogP contribution in [0.25, 0.3) is 11.4 Å². The number of H-pyrrole nitrogens is 1. The molecule has 7 nitrogen and oxygen atoms in total. The molecule has 32 heavy (non-hydrogen) atoms. The number of hydrogen-bond donors (Lipinski definition) is 2. The molecule has 8 heteroatoms. The van der Waals surface area contributed by atoms with E-state index in [2.05, 4.69) is 20.4 Å². The molecule has 1 amide bonds. The molecule has 0 spiro atoms. The number of nitrogens with one attached hydrogen (secondary N) is 2. The van der Waals surface area contributed by atoms with Crippen molar-refractivity contribution in [1.82, 2.24) is 25.1 Å². The van der Waals surface area contributed by atoms with Gasteiger partial charge in [-0.1, -0.05) is 0 Å². The van der Waals surface area contributed by atoms with Crippen LogP contribution in [0.15, 0.2) is 35.1 Å². The lowest BCUT2D eigenvalue weighted by atomic mass is 10.00. The maximum atomic E-state index is 13.2. The van der Waals surface area contributed by atoms with Crippen molar-refractivity contribution in [2.24, 2.45) is 5.92 Å². The van der Waals surface area contributed by atoms with Crippen molar-refractivity contribution < 1.29 is 9.18 Å². The molecule has 0 bridgehead atoms. The molecule has 3 aromatic rings. The Morgan fingerprint density at radius 3 is 2.69 bits per heavy atom. The second kappa shape index (κ2) is 9.46. The van der Waals surface area contributed by atoms with E-state index in [1.807, 2.05) is 24.6 Å². The number of fused-ring (bicyclic) bond motifs is 1. The summed E-state index contributed by atoms with van der Waals surface area (Å²) >= 11 is 0. The molecule has 0 aliphatic heterocycles. The van der Waals surface area contributed by atoms with Gasteiger partial charge in [0, 0.05) is 36.3 Å². The van der Waals surface area contributed by atoms with Crippen LogP contribution in [0.5, 0.6) is 0 Å². The normalized spacial score (nSPS) is 15.8. The molecular formula is C24H28FN5O2. The Kier molecular flexibility index (Phi) is 6.48. The zero-order valence-electron chi connectivity index (χ0n) is 18.4. The zero-order chi connectivity index (χ0) is 22.7. The summed E-state index contributed by atoms with van der Waals surface area (Å²) in [5.41, 5.74) is 4.06. The van der Waals surface area contributed by atoms with Crippen LogP contribution in [0.4, 0.5) is 4.39 Å². The largest absolute Gasteiger partial charge is 0.356 e. The molecular weight excluding hydrogens is 409 g/mol. The Morgan fingerprint density at radius 2 is 1.97 bits per heavy atom. The minimum Gasteiger partial charge on any atom is -0.356 e. The van der Waals surface area contributed by atoms with E-state index in [0.29, 0.717) is 49.3 Å². The second-order valence-electron chi connectivity index (χ2n) is 8.49. The SMILES string of the molecule is Cc1cc(C)n(CCC(=O)NCC2CCc3nc(-c4ccc(F)cc4)[nH]c(=O)c3CC2)n1. The Bertz CT molecular complexity index is 1170. The smallest absolute Gasteiger partial charge is 0.254 e. The van der Waals surface area contributed by atoms with E-state index in [-0.39, 0.29) is 23.2 Å². The van der Waals surface area contributed by atoms with Crippen LogP contribution in [-0.4, -0.2) is 32.2 Å². The van der Waals surface area contributed by atoms with Crippen molar-refractivity contribution in [1.29, 1.82) is 0 Å².